The molecule has 0 saturated carbocycles. The van der Waals surface area contributed by atoms with Crippen LogP contribution in [0.5, 0.6) is 5.75 Å². The lowest BCUT2D eigenvalue weighted by Crippen LogP contribution is -2.32. The number of halogens is 4. The summed E-state index contributed by atoms with van der Waals surface area (Å²) in [6.07, 6.45) is 1.38. The number of rotatable bonds is 6. The number of carbonyl (C=O) groups is 2. The van der Waals surface area contributed by atoms with E-state index in [1.807, 2.05) is 0 Å². The average molecular weight is 511 g/mol. The number of hydrazone groups is 1. The maximum atomic E-state index is 12.0. The molecule has 3 rings (SSSR count). The van der Waals surface area contributed by atoms with Crippen molar-refractivity contribution in [3.63, 3.8) is 0 Å². The fraction of sp³-hybridized carbons (Fsp3) is 0.0455. The Bertz CT molecular complexity index is 1150. The van der Waals surface area contributed by atoms with E-state index in [2.05, 4.69) is 15.8 Å². The third kappa shape index (κ3) is 6.37. The number of nitrogens with one attached hydrogen (secondary N) is 2. The van der Waals surface area contributed by atoms with Crippen molar-refractivity contribution in [1.29, 1.82) is 0 Å². The molecule has 2 amide bonds. The summed E-state index contributed by atoms with van der Waals surface area (Å²) in [5.41, 5.74) is 3.73. The largest absolute Gasteiger partial charge is 0.489 e. The third-order valence-electron chi connectivity index (χ3n) is 4.11. The summed E-state index contributed by atoms with van der Waals surface area (Å²) in [6.45, 7) is 0.216. The summed E-state index contributed by atoms with van der Waals surface area (Å²) >= 11 is 24.1. The van der Waals surface area contributed by atoms with E-state index in [-0.39, 0.29) is 22.3 Å². The average Bonchev–Trinajstić information content (AvgIpc) is 2.77. The number of benzene rings is 3. The molecule has 0 heterocycles. The van der Waals surface area contributed by atoms with E-state index < -0.39 is 11.8 Å². The molecular weight excluding hydrogens is 496 g/mol. The van der Waals surface area contributed by atoms with Crippen molar-refractivity contribution in [3.05, 3.63) is 91.9 Å². The zero-order chi connectivity index (χ0) is 23.1. The summed E-state index contributed by atoms with van der Waals surface area (Å²) < 4.78 is 5.70. The lowest BCUT2D eigenvalue weighted by molar-refractivity contribution is -0.136. The van der Waals surface area contributed by atoms with E-state index in [1.165, 1.54) is 12.3 Å². The third-order valence-corrected chi connectivity index (χ3v) is 5.64. The quantitative estimate of drug-likeness (QED) is 0.243. The standard InChI is InChI=1S/C22H15Cl4N3O3/c23-16-3-1-4-17(24)15(16)12-32-14-9-7-13(8-10-14)11-27-29-22(31)21(30)28-19-6-2-5-18(25)20(19)26/h1-11H,12H2,(H,28,30)(H,29,31)/b27-11+. The maximum absolute atomic E-state index is 12.0. The molecule has 0 spiro atoms. The van der Waals surface area contributed by atoms with Crippen LogP contribution in [0.1, 0.15) is 11.1 Å². The molecule has 10 heteroatoms. The van der Waals surface area contributed by atoms with E-state index in [9.17, 15) is 9.59 Å². The molecule has 0 unspecified atom stereocenters. The highest BCUT2D eigenvalue weighted by atomic mass is 35.5. The number of anilines is 1. The number of ether oxygens (including phenoxy) is 1. The van der Waals surface area contributed by atoms with Gasteiger partial charge >= 0.3 is 11.8 Å². The second-order valence-corrected chi connectivity index (χ2v) is 7.91. The summed E-state index contributed by atoms with van der Waals surface area (Å²) in [6, 6.07) is 16.8. The SMILES string of the molecule is O=C(N/N=C/c1ccc(OCc2c(Cl)cccc2Cl)cc1)C(=O)Nc1cccc(Cl)c1Cl. The number of hydrogen-bond acceptors (Lipinski definition) is 4. The van der Waals surface area contributed by atoms with Crippen molar-refractivity contribution in [2.75, 3.05) is 5.32 Å². The van der Waals surface area contributed by atoms with Gasteiger partial charge in [-0.05, 0) is 54.1 Å². The Morgan fingerprint density at radius 2 is 1.47 bits per heavy atom. The van der Waals surface area contributed by atoms with Crippen molar-refractivity contribution >= 4 is 70.1 Å². The summed E-state index contributed by atoms with van der Waals surface area (Å²) in [4.78, 5) is 23.9. The lowest BCUT2D eigenvalue weighted by Gasteiger charge is -2.09. The molecule has 0 aliphatic rings. The van der Waals surface area contributed by atoms with Gasteiger partial charge in [0.2, 0.25) is 0 Å². The first kappa shape index (κ1) is 23.9. The molecule has 0 aliphatic heterocycles. The smallest absolute Gasteiger partial charge is 0.329 e. The Balaban J connectivity index is 1.51. The van der Waals surface area contributed by atoms with Crippen molar-refractivity contribution in [1.82, 2.24) is 5.43 Å². The molecule has 3 aromatic carbocycles. The predicted molar refractivity (Wildman–Crippen MR) is 128 cm³/mol. The van der Waals surface area contributed by atoms with Crippen LogP contribution in [-0.4, -0.2) is 18.0 Å². The Kier molecular flexibility index (Phi) is 8.36. The minimum Gasteiger partial charge on any atom is -0.489 e. The number of hydrogen-bond donors (Lipinski definition) is 2. The molecule has 6 nitrogen and oxygen atoms in total. The van der Waals surface area contributed by atoms with E-state index >= 15 is 0 Å². The Labute approximate surface area is 204 Å². The van der Waals surface area contributed by atoms with Crippen LogP contribution in [0.2, 0.25) is 20.1 Å². The topological polar surface area (TPSA) is 79.8 Å². The molecule has 2 N–H and O–H groups in total. The molecule has 32 heavy (non-hydrogen) atoms. The van der Waals surface area contributed by atoms with Crippen LogP contribution in [0.3, 0.4) is 0 Å². The fourth-order valence-corrected chi connectivity index (χ4v) is 3.33. The van der Waals surface area contributed by atoms with Gasteiger partial charge in [0.1, 0.15) is 12.4 Å². The monoisotopic (exact) mass is 509 g/mol. The van der Waals surface area contributed by atoms with Gasteiger partial charge in [-0.15, -0.1) is 0 Å². The first-order valence-corrected chi connectivity index (χ1v) is 10.6. The molecular formula is C22H15Cl4N3O3. The van der Waals surface area contributed by atoms with E-state index in [1.54, 1.807) is 54.6 Å². The highest BCUT2D eigenvalue weighted by molar-refractivity contribution is 6.45. The van der Waals surface area contributed by atoms with Crippen LogP contribution in [0.15, 0.2) is 65.8 Å². The molecule has 0 radical (unpaired) electrons. The summed E-state index contributed by atoms with van der Waals surface area (Å²) in [5, 5.41) is 7.58. The Morgan fingerprint density at radius 1 is 0.844 bits per heavy atom. The Hall–Kier alpha value is -2.77. The van der Waals surface area contributed by atoms with E-state index in [0.717, 1.165) is 0 Å². The predicted octanol–water partition coefficient (Wildman–Crippen LogP) is 5.97. The summed E-state index contributed by atoms with van der Waals surface area (Å²) in [5.74, 6) is -1.30. The normalized spacial score (nSPS) is 10.8. The molecule has 164 valence electrons. The number of nitrogens with zero attached hydrogens (tertiary/aromatic N) is 1. The number of carbonyl (C=O) groups excluding carboxylic acids is 2. The maximum Gasteiger partial charge on any atom is 0.329 e. The van der Waals surface area contributed by atoms with Crippen molar-refractivity contribution in [2.24, 2.45) is 5.10 Å². The van der Waals surface area contributed by atoms with Gasteiger partial charge in [0.25, 0.3) is 0 Å². The van der Waals surface area contributed by atoms with Crippen molar-refractivity contribution in [3.8, 4) is 5.75 Å². The van der Waals surface area contributed by atoms with Gasteiger partial charge in [-0.3, -0.25) is 9.59 Å². The van der Waals surface area contributed by atoms with Gasteiger partial charge in [0.15, 0.2) is 0 Å². The fourth-order valence-electron chi connectivity index (χ4n) is 2.47. The van der Waals surface area contributed by atoms with E-state index in [0.29, 0.717) is 26.9 Å². The number of amides is 2. The molecule has 0 saturated heterocycles. The van der Waals surface area contributed by atoms with Crippen LogP contribution >= 0.6 is 46.4 Å². The van der Waals surface area contributed by atoms with Gasteiger partial charge in [0.05, 0.1) is 21.9 Å². The molecule has 0 aromatic heterocycles. The van der Waals surface area contributed by atoms with Gasteiger partial charge in [-0.1, -0.05) is 58.5 Å². The van der Waals surface area contributed by atoms with Gasteiger partial charge in [-0.2, -0.15) is 5.10 Å². The second kappa shape index (κ2) is 11.2. The van der Waals surface area contributed by atoms with Crippen molar-refractivity contribution < 1.29 is 14.3 Å². The lowest BCUT2D eigenvalue weighted by atomic mass is 10.2. The minimum atomic E-state index is -0.964. The van der Waals surface area contributed by atoms with E-state index in [4.69, 9.17) is 51.1 Å². The zero-order valence-electron chi connectivity index (χ0n) is 16.2. The minimum absolute atomic E-state index is 0.137. The molecule has 0 aliphatic carbocycles. The molecule has 0 atom stereocenters. The first-order chi connectivity index (χ1) is 15.3. The van der Waals surface area contributed by atoms with Crippen LogP contribution in [0.4, 0.5) is 5.69 Å². The van der Waals surface area contributed by atoms with Crippen LogP contribution in [-0.2, 0) is 16.2 Å². The molecule has 0 fully saturated rings. The van der Waals surface area contributed by atoms with Crippen LogP contribution in [0.25, 0.3) is 0 Å². The van der Waals surface area contributed by atoms with Crippen LogP contribution in [0, 0.1) is 0 Å². The van der Waals surface area contributed by atoms with Gasteiger partial charge < -0.3 is 10.1 Å². The van der Waals surface area contributed by atoms with Crippen LogP contribution < -0.4 is 15.5 Å². The Morgan fingerprint density at radius 3 is 2.16 bits per heavy atom. The van der Waals surface area contributed by atoms with Gasteiger partial charge in [0, 0.05) is 15.6 Å². The molecule has 0 bridgehead atoms. The zero-order valence-corrected chi connectivity index (χ0v) is 19.3. The molecule has 3 aromatic rings. The highest BCUT2D eigenvalue weighted by Crippen LogP contribution is 2.29. The highest BCUT2D eigenvalue weighted by Gasteiger charge is 2.15. The first-order valence-electron chi connectivity index (χ1n) is 9.09. The van der Waals surface area contributed by atoms with Crippen molar-refractivity contribution in [2.45, 2.75) is 6.61 Å². The summed E-state index contributed by atoms with van der Waals surface area (Å²) in [7, 11) is 0. The van der Waals surface area contributed by atoms with Gasteiger partial charge in [-0.25, -0.2) is 5.43 Å². The second-order valence-electron chi connectivity index (χ2n) is 6.31.